The molecule has 2 aromatic carbocycles. The number of hydrogen-bond donors (Lipinski definition) is 3. The van der Waals surface area contributed by atoms with Gasteiger partial charge in [-0.1, -0.05) is 36.4 Å². The van der Waals surface area contributed by atoms with E-state index < -0.39 is 5.91 Å². The molecule has 0 spiro atoms. The van der Waals surface area contributed by atoms with Crippen molar-refractivity contribution in [1.82, 2.24) is 15.4 Å². The first-order valence-electron chi connectivity index (χ1n) is 8.45. The standard InChI is InChI=1S/C21H17N3O2S.ClH/c25-21(24-26)10-7-14-3-5-15(6-4-14)12-20-22-17-9-8-16(13-18(17)23-20)19-2-1-11-27-19;/h1-11,13,26H,12H2,(H,22,23)(H,24,25);1H/b10-7+;. The second-order valence-corrected chi connectivity index (χ2v) is 7.07. The molecule has 2 heterocycles. The molecule has 0 fully saturated rings. The van der Waals surface area contributed by atoms with E-state index in [1.807, 2.05) is 30.3 Å². The van der Waals surface area contributed by atoms with Gasteiger partial charge in [-0.05, 0) is 46.3 Å². The fraction of sp³-hybridized carbons (Fsp3) is 0.0476. The van der Waals surface area contributed by atoms with Gasteiger partial charge in [0.15, 0.2) is 0 Å². The van der Waals surface area contributed by atoms with Crippen molar-refractivity contribution in [2.45, 2.75) is 6.42 Å². The van der Waals surface area contributed by atoms with Gasteiger partial charge in [-0.3, -0.25) is 10.0 Å². The molecule has 4 aromatic rings. The molecule has 5 nitrogen and oxygen atoms in total. The van der Waals surface area contributed by atoms with Crippen LogP contribution in [0.4, 0.5) is 0 Å². The van der Waals surface area contributed by atoms with Crippen LogP contribution in [-0.2, 0) is 11.2 Å². The molecule has 0 atom stereocenters. The van der Waals surface area contributed by atoms with E-state index in [2.05, 4.69) is 39.6 Å². The van der Waals surface area contributed by atoms with E-state index in [0.29, 0.717) is 6.42 Å². The zero-order chi connectivity index (χ0) is 18.6. The summed E-state index contributed by atoms with van der Waals surface area (Å²) in [7, 11) is 0. The van der Waals surface area contributed by atoms with Crippen LogP contribution in [0.15, 0.2) is 66.1 Å². The number of halogens is 1. The van der Waals surface area contributed by atoms with Crippen LogP contribution >= 0.6 is 23.7 Å². The Morgan fingerprint density at radius 2 is 2.00 bits per heavy atom. The van der Waals surface area contributed by atoms with Gasteiger partial charge in [-0.25, -0.2) is 10.5 Å². The molecule has 0 aliphatic rings. The SMILES string of the molecule is Cl.O=C(/C=C/c1ccc(Cc2nc3ccc(-c4cccs4)cc3[nH]2)cc1)NO. The number of benzene rings is 2. The summed E-state index contributed by atoms with van der Waals surface area (Å²) in [6.07, 6.45) is 3.62. The van der Waals surface area contributed by atoms with Crippen molar-refractivity contribution in [3.05, 3.63) is 83.0 Å². The van der Waals surface area contributed by atoms with Gasteiger partial charge in [0, 0.05) is 17.4 Å². The predicted molar refractivity (Wildman–Crippen MR) is 115 cm³/mol. The summed E-state index contributed by atoms with van der Waals surface area (Å²) in [4.78, 5) is 20.3. The first kappa shape index (κ1) is 19.8. The molecule has 28 heavy (non-hydrogen) atoms. The lowest BCUT2D eigenvalue weighted by Crippen LogP contribution is -2.14. The molecule has 7 heteroatoms. The van der Waals surface area contributed by atoms with Gasteiger partial charge >= 0.3 is 0 Å². The van der Waals surface area contributed by atoms with Crippen LogP contribution in [0.2, 0.25) is 0 Å². The summed E-state index contributed by atoms with van der Waals surface area (Å²) < 4.78 is 0. The number of aromatic nitrogens is 2. The molecule has 0 saturated carbocycles. The van der Waals surface area contributed by atoms with E-state index in [1.165, 1.54) is 16.5 Å². The minimum atomic E-state index is -0.553. The van der Waals surface area contributed by atoms with E-state index in [0.717, 1.165) is 28.0 Å². The zero-order valence-electron chi connectivity index (χ0n) is 14.8. The van der Waals surface area contributed by atoms with Crippen molar-refractivity contribution < 1.29 is 10.0 Å². The van der Waals surface area contributed by atoms with Crippen molar-refractivity contribution in [3.63, 3.8) is 0 Å². The van der Waals surface area contributed by atoms with Gasteiger partial charge in [-0.15, -0.1) is 23.7 Å². The average Bonchev–Trinajstić information content (AvgIpc) is 3.36. The number of hydroxylamine groups is 1. The maximum atomic E-state index is 11.0. The second-order valence-electron chi connectivity index (χ2n) is 6.12. The molecule has 0 unspecified atom stereocenters. The van der Waals surface area contributed by atoms with Gasteiger partial charge in [-0.2, -0.15) is 0 Å². The van der Waals surface area contributed by atoms with Gasteiger partial charge < -0.3 is 4.98 Å². The quantitative estimate of drug-likeness (QED) is 0.250. The fourth-order valence-electron chi connectivity index (χ4n) is 2.89. The first-order valence-corrected chi connectivity index (χ1v) is 9.33. The van der Waals surface area contributed by atoms with Gasteiger partial charge in [0.25, 0.3) is 5.91 Å². The number of nitrogens with zero attached hydrogens (tertiary/aromatic N) is 1. The predicted octanol–water partition coefficient (Wildman–Crippen LogP) is 4.82. The Hall–Kier alpha value is -2.93. The highest BCUT2D eigenvalue weighted by molar-refractivity contribution is 7.13. The third-order valence-electron chi connectivity index (χ3n) is 4.23. The van der Waals surface area contributed by atoms with Crippen molar-refractivity contribution in [2.75, 3.05) is 0 Å². The van der Waals surface area contributed by atoms with Crippen molar-refractivity contribution in [3.8, 4) is 10.4 Å². The molecule has 0 aliphatic heterocycles. The number of imidazole rings is 1. The monoisotopic (exact) mass is 411 g/mol. The van der Waals surface area contributed by atoms with Gasteiger partial charge in [0.1, 0.15) is 5.82 Å². The van der Waals surface area contributed by atoms with Crippen LogP contribution in [-0.4, -0.2) is 21.1 Å². The summed E-state index contributed by atoms with van der Waals surface area (Å²) in [6.45, 7) is 0. The van der Waals surface area contributed by atoms with Crippen molar-refractivity contribution in [2.24, 2.45) is 0 Å². The lowest BCUT2D eigenvalue weighted by molar-refractivity contribution is -0.124. The van der Waals surface area contributed by atoms with E-state index in [9.17, 15) is 4.79 Å². The maximum absolute atomic E-state index is 11.0. The van der Waals surface area contributed by atoms with Crippen molar-refractivity contribution in [1.29, 1.82) is 0 Å². The van der Waals surface area contributed by atoms with Gasteiger partial charge in [0.2, 0.25) is 0 Å². The Balaban J connectivity index is 0.00000225. The van der Waals surface area contributed by atoms with Crippen LogP contribution in [0, 0.1) is 0 Å². The molecule has 0 bridgehead atoms. The van der Waals surface area contributed by atoms with Crippen molar-refractivity contribution >= 4 is 46.8 Å². The highest BCUT2D eigenvalue weighted by Crippen LogP contribution is 2.27. The normalized spacial score (nSPS) is 10.9. The van der Waals surface area contributed by atoms with Crippen LogP contribution in [0.3, 0.4) is 0 Å². The molecule has 4 rings (SSSR count). The molecule has 2 aromatic heterocycles. The van der Waals surface area contributed by atoms with Gasteiger partial charge in [0.05, 0.1) is 11.0 Å². The molecular formula is C21H18ClN3O2S. The number of nitrogens with one attached hydrogen (secondary N) is 2. The summed E-state index contributed by atoms with van der Waals surface area (Å²) >= 11 is 1.72. The summed E-state index contributed by atoms with van der Waals surface area (Å²) in [6, 6.07) is 18.3. The Morgan fingerprint density at radius 1 is 1.18 bits per heavy atom. The van der Waals surface area contributed by atoms with Crippen LogP contribution in [0.1, 0.15) is 17.0 Å². The third-order valence-corrected chi connectivity index (χ3v) is 5.14. The third kappa shape index (κ3) is 4.48. The second kappa shape index (κ2) is 8.84. The number of amides is 1. The highest BCUT2D eigenvalue weighted by atomic mass is 35.5. The molecule has 1 amide bonds. The van der Waals surface area contributed by atoms with Crippen LogP contribution in [0.5, 0.6) is 0 Å². The molecule has 0 saturated heterocycles. The molecule has 3 N–H and O–H groups in total. The minimum Gasteiger partial charge on any atom is -0.342 e. The fourth-order valence-corrected chi connectivity index (χ4v) is 3.62. The lowest BCUT2D eigenvalue weighted by atomic mass is 10.1. The van der Waals surface area contributed by atoms with E-state index in [-0.39, 0.29) is 12.4 Å². The Labute approximate surface area is 172 Å². The number of fused-ring (bicyclic) bond motifs is 1. The van der Waals surface area contributed by atoms with E-state index in [1.54, 1.807) is 22.9 Å². The lowest BCUT2D eigenvalue weighted by Gasteiger charge is -1.99. The number of thiophene rings is 1. The largest absolute Gasteiger partial charge is 0.342 e. The molecule has 0 aliphatic carbocycles. The Bertz CT molecular complexity index is 1100. The number of H-pyrrole nitrogens is 1. The van der Waals surface area contributed by atoms with Crippen LogP contribution in [0.25, 0.3) is 27.6 Å². The smallest absolute Gasteiger partial charge is 0.267 e. The molecular weight excluding hydrogens is 394 g/mol. The van der Waals surface area contributed by atoms with Crippen LogP contribution < -0.4 is 5.48 Å². The number of rotatable bonds is 5. The number of carbonyl (C=O) groups is 1. The average molecular weight is 412 g/mol. The van der Waals surface area contributed by atoms with E-state index >= 15 is 0 Å². The topological polar surface area (TPSA) is 78.0 Å². The maximum Gasteiger partial charge on any atom is 0.267 e. The number of aromatic amines is 1. The first-order chi connectivity index (χ1) is 13.2. The Morgan fingerprint density at radius 3 is 2.71 bits per heavy atom. The Kier molecular flexibility index (Phi) is 6.26. The number of hydrogen-bond acceptors (Lipinski definition) is 4. The summed E-state index contributed by atoms with van der Waals surface area (Å²) in [5.41, 5.74) is 6.75. The number of carbonyl (C=O) groups excluding carboxylic acids is 1. The molecule has 0 radical (unpaired) electrons. The summed E-state index contributed by atoms with van der Waals surface area (Å²) in [5.74, 6) is 0.361. The van der Waals surface area contributed by atoms with E-state index in [4.69, 9.17) is 5.21 Å². The minimum absolute atomic E-state index is 0. The zero-order valence-corrected chi connectivity index (χ0v) is 16.4. The summed E-state index contributed by atoms with van der Waals surface area (Å²) in [5, 5.41) is 10.6. The molecule has 142 valence electrons. The highest BCUT2D eigenvalue weighted by Gasteiger charge is 2.06.